The Kier molecular flexibility index (Phi) is 4.98. The van der Waals surface area contributed by atoms with Crippen LogP contribution in [0.2, 0.25) is 0 Å². The standard InChI is InChI=1S/C16H22N4O3S/c1-3-9-24(21,22)19-13-10-14(20(2)11-13)16-17-15(18-23-16)12-7-5-4-6-8-12/h4-8,13-14,19H,3,9-11H2,1-2H3. The molecular weight excluding hydrogens is 328 g/mol. The second-order valence-electron chi connectivity index (χ2n) is 6.15. The van der Waals surface area contributed by atoms with Gasteiger partial charge in [0, 0.05) is 18.2 Å². The number of hydrogen-bond donors (Lipinski definition) is 1. The normalized spacial score (nSPS) is 22.1. The van der Waals surface area contributed by atoms with Gasteiger partial charge in [-0.1, -0.05) is 42.4 Å². The number of hydrogen-bond acceptors (Lipinski definition) is 6. The predicted octanol–water partition coefficient (Wildman–Crippen LogP) is 1.81. The summed E-state index contributed by atoms with van der Waals surface area (Å²) in [5.74, 6) is 1.22. The van der Waals surface area contributed by atoms with Gasteiger partial charge in [0.1, 0.15) is 0 Å². The average molecular weight is 350 g/mol. The maximum absolute atomic E-state index is 11.9. The summed E-state index contributed by atoms with van der Waals surface area (Å²) in [6.45, 7) is 2.48. The Hall–Kier alpha value is -1.77. The van der Waals surface area contributed by atoms with E-state index in [4.69, 9.17) is 4.52 Å². The van der Waals surface area contributed by atoms with Crippen LogP contribution in [0.15, 0.2) is 34.9 Å². The first-order valence-corrected chi connectivity index (χ1v) is 9.73. The Balaban J connectivity index is 1.71. The van der Waals surface area contributed by atoms with Crippen LogP contribution in [-0.4, -0.2) is 48.8 Å². The van der Waals surface area contributed by atoms with E-state index in [1.165, 1.54) is 0 Å². The molecule has 130 valence electrons. The van der Waals surface area contributed by atoms with Crippen molar-refractivity contribution in [3.63, 3.8) is 0 Å². The van der Waals surface area contributed by atoms with Crippen molar-refractivity contribution in [3.8, 4) is 11.4 Å². The van der Waals surface area contributed by atoms with Crippen molar-refractivity contribution in [3.05, 3.63) is 36.2 Å². The van der Waals surface area contributed by atoms with Gasteiger partial charge in [0.2, 0.25) is 21.7 Å². The van der Waals surface area contributed by atoms with Gasteiger partial charge in [-0.2, -0.15) is 4.98 Å². The summed E-state index contributed by atoms with van der Waals surface area (Å²) in [7, 11) is -1.29. The molecule has 0 spiro atoms. The van der Waals surface area contributed by atoms with Gasteiger partial charge in [-0.05, 0) is 19.9 Å². The third-order valence-electron chi connectivity index (χ3n) is 4.13. The van der Waals surface area contributed by atoms with Crippen molar-refractivity contribution in [2.45, 2.75) is 31.8 Å². The minimum absolute atomic E-state index is 0.0794. The van der Waals surface area contributed by atoms with Crippen molar-refractivity contribution in [2.75, 3.05) is 19.3 Å². The molecular formula is C16H22N4O3S. The van der Waals surface area contributed by atoms with Crippen LogP contribution in [0.3, 0.4) is 0 Å². The Morgan fingerprint density at radius 2 is 2.08 bits per heavy atom. The minimum Gasteiger partial charge on any atom is -0.337 e. The van der Waals surface area contributed by atoms with Gasteiger partial charge in [-0.3, -0.25) is 4.90 Å². The quantitative estimate of drug-likeness (QED) is 0.855. The van der Waals surface area contributed by atoms with Crippen LogP contribution in [0.25, 0.3) is 11.4 Å². The smallest absolute Gasteiger partial charge is 0.244 e. The van der Waals surface area contributed by atoms with E-state index in [2.05, 4.69) is 14.9 Å². The van der Waals surface area contributed by atoms with Gasteiger partial charge in [-0.15, -0.1) is 0 Å². The van der Waals surface area contributed by atoms with Crippen LogP contribution in [-0.2, 0) is 10.0 Å². The van der Waals surface area contributed by atoms with Crippen LogP contribution in [0.1, 0.15) is 31.7 Å². The fraction of sp³-hybridized carbons (Fsp3) is 0.500. The van der Waals surface area contributed by atoms with Crippen molar-refractivity contribution in [1.29, 1.82) is 0 Å². The van der Waals surface area contributed by atoms with Gasteiger partial charge >= 0.3 is 0 Å². The highest BCUT2D eigenvalue weighted by atomic mass is 32.2. The topological polar surface area (TPSA) is 88.3 Å². The van der Waals surface area contributed by atoms with E-state index >= 15 is 0 Å². The monoisotopic (exact) mass is 350 g/mol. The predicted molar refractivity (Wildman–Crippen MR) is 90.7 cm³/mol. The number of sulfonamides is 1. The molecule has 8 heteroatoms. The Bertz CT molecular complexity index is 776. The molecule has 1 aliphatic rings. The van der Waals surface area contributed by atoms with Crippen LogP contribution < -0.4 is 4.72 Å². The molecule has 0 aliphatic carbocycles. The molecule has 1 aliphatic heterocycles. The summed E-state index contributed by atoms with van der Waals surface area (Å²) in [6, 6.07) is 9.41. The lowest BCUT2D eigenvalue weighted by Crippen LogP contribution is -2.37. The second kappa shape index (κ2) is 7.00. The van der Waals surface area contributed by atoms with Crippen molar-refractivity contribution < 1.29 is 12.9 Å². The molecule has 1 fully saturated rings. The molecule has 0 bridgehead atoms. The zero-order valence-electron chi connectivity index (χ0n) is 13.8. The molecule has 2 aromatic rings. The van der Waals surface area contributed by atoms with E-state index in [0.717, 1.165) is 5.56 Å². The lowest BCUT2D eigenvalue weighted by atomic mass is 10.2. The van der Waals surface area contributed by atoms with E-state index in [1.807, 2.05) is 49.2 Å². The van der Waals surface area contributed by atoms with Crippen molar-refractivity contribution in [2.24, 2.45) is 0 Å². The van der Waals surface area contributed by atoms with Gasteiger partial charge in [0.05, 0.1) is 11.8 Å². The number of rotatable bonds is 6. The molecule has 2 unspecified atom stereocenters. The zero-order valence-corrected chi connectivity index (χ0v) is 14.7. The van der Waals surface area contributed by atoms with Gasteiger partial charge in [0.15, 0.2) is 0 Å². The Labute approximate surface area is 142 Å². The third-order valence-corrected chi connectivity index (χ3v) is 5.76. The molecule has 1 aromatic carbocycles. The molecule has 1 saturated heterocycles. The zero-order chi connectivity index (χ0) is 17.2. The highest BCUT2D eigenvalue weighted by molar-refractivity contribution is 7.89. The van der Waals surface area contributed by atoms with Crippen LogP contribution in [0, 0.1) is 0 Å². The molecule has 7 nitrogen and oxygen atoms in total. The largest absolute Gasteiger partial charge is 0.337 e. The fourth-order valence-electron chi connectivity index (χ4n) is 3.03. The molecule has 24 heavy (non-hydrogen) atoms. The third kappa shape index (κ3) is 3.82. The highest BCUT2D eigenvalue weighted by Crippen LogP contribution is 2.31. The first-order chi connectivity index (χ1) is 11.5. The van der Waals surface area contributed by atoms with Gasteiger partial charge in [0.25, 0.3) is 0 Å². The number of benzene rings is 1. The van der Waals surface area contributed by atoms with E-state index in [1.54, 1.807) is 0 Å². The first kappa shape index (κ1) is 17.1. The summed E-state index contributed by atoms with van der Waals surface area (Å²) in [4.78, 5) is 6.53. The summed E-state index contributed by atoms with van der Waals surface area (Å²) in [6.07, 6.45) is 1.22. The van der Waals surface area contributed by atoms with Gasteiger partial charge in [-0.25, -0.2) is 13.1 Å². The van der Waals surface area contributed by atoms with Crippen LogP contribution >= 0.6 is 0 Å². The van der Waals surface area contributed by atoms with Crippen molar-refractivity contribution >= 4 is 10.0 Å². The van der Waals surface area contributed by atoms with E-state index in [-0.39, 0.29) is 17.8 Å². The summed E-state index contributed by atoms with van der Waals surface area (Å²) >= 11 is 0. The Morgan fingerprint density at radius 1 is 1.33 bits per heavy atom. The van der Waals surface area contributed by atoms with Crippen LogP contribution in [0.4, 0.5) is 0 Å². The number of likely N-dealkylation sites (tertiary alicyclic amines) is 1. The number of aromatic nitrogens is 2. The molecule has 3 rings (SSSR count). The highest BCUT2D eigenvalue weighted by Gasteiger charge is 2.36. The maximum Gasteiger partial charge on any atom is 0.244 e. The number of nitrogens with one attached hydrogen (secondary N) is 1. The Morgan fingerprint density at radius 3 is 2.79 bits per heavy atom. The number of likely N-dealkylation sites (N-methyl/N-ethyl adjacent to an activating group) is 1. The number of nitrogens with zero attached hydrogens (tertiary/aromatic N) is 3. The minimum atomic E-state index is -3.23. The lowest BCUT2D eigenvalue weighted by molar-refractivity contribution is 0.244. The maximum atomic E-state index is 11.9. The molecule has 0 saturated carbocycles. The van der Waals surface area contributed by atoms with E-state index < -0.39 is 10.0 Å². The molecule has 2 heterocycles. The van der Waals surface area contributed by atoms with Crippen molar-refractivity contribution in [1.82, 2.24) is 19.8 Å². The molecule has 1 N–H and O–H groups in total. The molecule has 0 amide bonds. The van der Waals surface area contributed by atoms with E-state index in [9.17, 15) is 8.42 Å². The summed E-state index contributed by atoms with van der Waals surface area (Å²) in [5, 5.41) is 4.04. The first-order valence-electron chi connectivity index (χ1n) is 8.08. The SMILES string of the molecule is CCCS(=O)(=O)NC1CC(c2nc(-c3ccccc3)no2)N(C)C1. The fourth-order valence-corrected chi connectivity index (χ4v) is 4.36. The van der Waals surface area contributed by atoms with Crippen LogP contribution in [0.5, 0.6) is 0 Å². The van der Waals surface area contributed by atoms with Gasteiger partial charge < -0.3 is 4.52 Å². The lowest BCUT2D eigenvalue weighted by Gasteiger charge is -2.14. The summed E-state index contributed by atoms with van der Waals surface area (Å²) < 4.78 is 32.1. The molecule has 2 atom stereocenters. The second-order valence-corrected chi connectivity index (χ2v) is 8.02. The molecule has 1 aromatic heterocycles. The summed E-state index contributed by atoms with van der Waals surface area (Å²) in [5.41, 5.74) is 0.897. The molecule has 0 radical (unpaired) electrons. The van der Waals surface area contributed by atoms with E-state index in [0.29, 0.717) is 31.1 Å². The average Bonchev–Trinajstić information content (AvgIpc) is 3.14.